The molecule has 1 aliphatic heterocycles. The van der Waals surface area contributed by atoms with Crippen LogP contribution >= 0.6 is 0 Å². The lowest BCUT2D eigenvalue weighted by atomic mass is 9.97. The molecule has 6 nitrogen and oxygen atoms in total. The fourth-order valence-corrected chi connectivity index (χ4v) is 3.79. The molecule has 3 aromatic rings. The van der Waals surface area contributed by atoms with Gasteiger partial charge < -0.3 is 9.80 Å². The number of amides is 1. The van der Waals surface area contributed by atoms with Crippen LogP contribution in [0.5, 0.6) is 0 Å². The molecular weight excluding hydrogens is 338 g/mol. The van der Waals surface area contributed by atoms with Gasteiger partial charge in [-0.15, -0.1) is 0 Å². The first kappa shape index (κ1) is 17.7. The van der Waals surface area contributed by atoms with E-state index in [2.05, 4.69) is 47.3 Å². The van der Waals surface area contributed by atoms with E-state index in [9.17, 15) is 4.79 Å². The van der Waals surface area contributed by atoms with E-state index in [-0.39, 0.29) is 12.5 Å². The van der Waals surface area contributed by atoms with Crippen LogP contribution in [0, 0.1) is 6.92 Å². The molecule has 27 heavy (non-hydrogen) atoms. The van der Waals surface area contributed by atoms with E-state index in [1.54, 1.807) is 10.9 Å². The topological polar surface area (TPSA) is 54.3 Å². The minimum absolute atomic E-state index is 0.0908. The van der Waals surface area contributed by atoms with Crippen molar-refractivity contribution in [2.24, 2.45) is 0 Å². The normalized spacial score (nSPS) is 14.0. The Bertz CT molecular complexity index is 991. The first-order valence-corrected chi connectivity index (χ1v) is 9.32. The number of rotatable bonds is 4. The zero-order chi connectivity index (χ0) is 19.0. The van der Waals surface area contributed by atoms with Crippen molar-refractivity contribution in [3.05, 3.63) is 58.9 Å². The highest BCUT2D eigenvalue weighted by molar-refractivity contribution is 5.81. The molecule has 0 saturated carbocycles. The van der Waals surface area contributed by atoms with Gasteiger partial charge in [0.2, 0.25) is 5.91 Å². The number of nitrogens with zero attached hydrogens (tertiary/aromatic N) is 5. The average molecular weight is 363 g/mol. The second-order valence-corrected chi connectivity index (χ2v) is 7.52. The zero-order valence-electron chi connectivity index (χ0n) is 16.1. The van der Waals surface area contributed by atoms with Crippen molar-refractivity contribution < 1.29 is 4.79 Å². The molecule has 3 heterocycles. The van der Waals surface area contributed by atoms with Crippen molar-refractivity contribution in [1.82, 2.24) is 24.6 Å². The Labute approximate surface area is 159 Å². The van der Waals surface area contributed by atoms with Gasteiger partial charge in [0, 0.05) is 31.2 Å². The van der Waals surface area contributed by atoms with Crippen LogP contribution in [0.3, 0.4) is 0 Å². The maximum Gasteiger partial charge on any atom is 0.244 e. The zero-order valence-corrected chi connectivity index (χ0v) is 16.1. The lowest BCUT2D eigenvalue weighted by Crippen LogP contribution is -2.38. The molecule has 0 unspecified atom stereocenters. The number of aromatic nitrogens is 3. The summed E-state index contributed by atoms with van der Waals surface area (Å²) in [5, 5.41) is 5.51. The van der Waals surface area contributed by atoms with Crippen LogP contribution in [-0.2, 0) is 30.8 Å². The Kier molecular flexibility index (Phi) is 4.66. The van der Waals surface area contributed by atoms with Gasteiger partial charge in [0.1, 0.15) is 6.54 Å². The third-order valence-corrected chi connectivity index (χ3v) is 5.11. The van der Waals surface area contributed by atoms with Gasteiger partial charge >= 0.3 is 0 Å². The number of hydrogen-bond donors (Lipinski definition) is 0. The van der Waals surface area contributed by atoms with Gasteiger partial charge in [0.25, 0.3) is 0 Å². The van der Waals surface area contributed by atoms with Crippen molar-refractivity contribution in [3.63, 3.8) is 0 Å². The summed E-state index contributed by atoms with van der Waals surface area (Å²) >= 11 is 0. The SMILES string of the molecule is Cc1nn(CC(=O)N2CCc3cc(CN(C)C)ccc3C2)c2ncccc12. The molecule has 0 fully saturated rings. The maximum absolute atomic E-state index is 12.9. The monoisotopic (exact) mass is 363 g/mol. The number of carbonyl (C=O) groups is 1. The molecule has 140 valence electrons. The summed E-state index contributed by atoms with van der Waals surface area (Å²) in [7, 11) is 4.16. The molecule has 1 aliphatic rings. The van der Waals surface area contributed by atoms with Crippen LogP contribution < -0.4 is 0 Å². The van der Waals surface area contributed by atoms with Gasteiger partial charge in [-0.2, -0.15) is 5.10 Å². The average Bonchev–Trinajstić information content (AvgIpc) is 2.97. The summed E-state index contributed by atoms with van der Waals surface area (Å²) in [6.45, 7) is 4.54. The first-order chi connectivity index (χ1) is 13.0. The van der Waals surface area contributed by atoms with Crippen molar-refractivity contribution >= 4 is 16.9 Å². The minimum Gasteiger partial charge on any atom is -0.336 e. The minimum atomic E-state index is 0.0908. The molecular formula is C21H25N5O. The third-order valence-electron chi connectivity index (χ3n) is 5.11. The predicted molar refractivity (Wildman–Crippen MR) is 105 cm³/mol. The van der Waals surface area contributed by atoms with E-state index in [1.165, 1.54) is 16.7 Å². The molecule has 4 rings (SSSR count). The fraction of sp³-hybridized carbons (Fsp3) is 0.381. The Morgan fingerprint density at radius 1 is 1.22 bits per heavy atom. The number of aryl methyl sites for hydroxylation is 1. The van der Waals surface area contributed by atoms with Gasteiger partial charge in [-0.1, -0.05) is 18.2 Å². The quantitative estimate of drug-likeness (QED) is 0.714. The molecule has 6 heteroatoms. The highest BCUT2D eigenvalue weighted by Crippen LogP contribution is 2.22. The number of benzene rings is 1. The molecule has 0 radical (unpaired) electrons. The summed E-state index contributed by atoms with van der Waals surface area (Å²) in [5.41, 5.74) is 5.61. The fourth-order valence-electron chi connectivity index (χ4n) is 3.79. The van der Waals surface area contributed by atoms with Gasteiger partial charge in [-0.25, -0.2) is 9.67 Å². The number of pyridine rings is 1. The first-order valence-electron chi connectivity index (χ1n) is 9.32. The molecule has 0 spiro atoms. The van der Waals surface area contributed by atoms with Crippen molar-refractivity contribution in [2.75, 3.05) is 20.6 Å². The second-order valence-electron chi connectivity index (χ2n) is 7.52. The summed E-state index contributed by atoms with van der Waals surface area (Å²) in [4.78, 5) is 21.4. The Morgan fingerprint density at radius 3 is 2.89 bits per heavy atom. The van der Waals surface area contributed by atoms with E-state index >= 15 is 0 Å². The molecule has 0 aliphatic carbocycles. The predicted octanol–water partition coefficient (Wildman–Crippen LogP) is 2.39. The molecule has 0 saturated heterocycles. The summed E-state index contributed by atoms with van der Waals surface area (Å²) in [6.07, 6.45) is 2.65. The Morgan fingerprint density at radius 2 is 2.07 bits per heavy atom. The largest absolute Gasteiger partial charge is 0.336 e. The lowest BCUT2D eigenvalue weighted by Gasteiger charge is -2.29. The van der Waals surface area contributed by atoms with Crippen molar-refractivity contribution in [2.45, 2.75) is 33.0 Å². The standard InChI is InChI=1S/C21H25N5O/c1-15-19-5-4-9-22-21(19)26(23-15)14-20(27)25-10-8-17-11-16(12-24(2)3)6-7-18(17)13-25/h4-7,9,11H,8,10,12-14H2,1-3H3. The summed E-state index contributed by atoms with van der Waals surface area (Å²) < 4.78 is 1.72. The van der Waals surface area contributed by atoms with Crippen molar-refractivity contribution in [3.8, 4) is 0 Å². The van der Waals surface area contributed by atoms with Crippen LogP contribution in [0.4, 0.5) is 0 Å². The smallest absolute Gasteiger partial charge is 0.244 e. The van der Waals surface area contributed by atoms with E-state index in [1.807, 2.05) is 24.0 Å². The molecule has 1 aromatic carbocycles. The molecule has 0 N–H and O–H groups in total. The Hall–Kier alpha value is -2.73. The molecule has 0 atom stereocenters. The van der Waals surface area contributed by atoms with Crippen LogP contribution in [0.1, 0.15) is 22.4 Å². The highest BCUT2D eigenvalue weighted by Gasteiger charge is 2.22. The molecule has 2 aromatic heterocycles. The van der Waals surface area contributed by atoms with E-state index in [0.29, 0.717) is 6.54 Å². The van der Waals surface area contributed by atoms with Gasteiger partial charge in [0.15, 0.2) is 5.65 Å². The summed E-state index contributed by atoms with van der Waals surface area (Å²) in [5.74, 6) is 0.0908. The molecule has 1 amide bonds. The van der Waals surface area contributed by atoms with E-state index < -0.39 is 0 Å². The lowest BCUT2D eigenvalue weighted by molar-refractivity contribution is -0.132. The highest BCUT2D eigenvalue weighted by atomic mass is 16.2. The van der Waals surface area contributed by atoms with Gasteiger partial charge in [0.05, 0.1) is 5.69 Å². The number of carbonyl (C=O) groups excluding carboxylic acids is 1. The number of hydrogen-bond acceptors (Lipinski definition) is 4. The van der Waals surface area contributed by atoms with Crippen LogP contribution in [0.2, 0.25) is 0 Å². The van der Waals surface area contributed by atoms with E-state index in [0.717, 1.165) is 36.2 Å². The van der Waals surface area contributed by atoms with Gasteiger partial charge in [-0.05, 0) is 56.3 Å². The van der Waals surface area contributed by atoms with Crippen molar-refractivity contribution in [1.29, 1.82) is 0 Å². The van der Waals surface area contributed by atoms with Crippen LogP contribution in [0.15, 0.2) is 36.5 Å². The second kappa shape index (κ2) is 7.12. The molecule has 0 bridgehead atoms. The van der Waals surface area contributed by atoms with Crippen LogP contribution in [-0.4, -0.2) is 51.1 Å². The van der Waals surface area contributed by atoms with E-state index in [4.69, 9.17) is 0 Å². The van der Waals surface area contributed by atoms with Gasteiger partial charge in [-0.3, -0.25) is 4.79 Å². The summed E-state index contributed by atoms with van der Waals surface area (Å²) in [6, 6.07) is 10.5. The maximum atomic E-state index is 12.9. The third kappa shape index (κ3) is 3.57. The number of fused-ring (bicyclic) bond motifs is 2. The van der Waals surface area contributed by atoms with Crippen LogP contribution in [0.25, 0.3) is 11.0 Å². The Balaban J connectivity index is 1.49.